The van der Waals surface area contributed by atoms with E-state index in [0.29, 0.717) is 22.8 Å². The summed E-state index contributed by atoms with van der Waals surface area (Å²) < 4.78 is 31.1. The lowest BCUT2D eigenvalue weighted by Crippen LogP contribution is -2.53. The van der Waals surface area contributed by atoms with Gasteiger partial charge < -0.3 is 24.4 Å². The number of hydrogen-bond acceptors (Lipinski definition) is 5. The molecule has 3 aromatic carbocycles. The Kier molecular flexibility index (Phi) is 10.5. The van der Waals surface area contributed by atoms with E-state index >= 15 is 0 Å². The Bertz CT molecular complexity index is 1180. The van der Waals surface area contributed by atoms with Gasteiger partial charge in [-0.25, -0.2) is 4.39 Å². The van der Waals surface area contributed by atoms with Crippen LogP contribution in [0.3, 0.4) is 0 Å². The van der Waals surface area contributed by atoms with Crippen LogP contribution in [0.2, 0.25) is 0 Å². The van der Waals surface area contributed by atoms with Crippen molar-refractivity contribution in [2.24, 2.45) is 0 Å². The summed E-state index contributed by atoms with van der Waals surface area (Å²) in [5.74, 6) is 0.148. The molecule has 0 aromatic heterocycles. The van der Waals surface area contributed by atoms with E-state index in [-0.39, 0.29) is 31.5 Å². The second-order valence-electron chi connectivity index (χ2n) is 8.97. The van der Waals surface area contributed by atoms with Crippen molar-refractivity contribution < 1.29 is 28.2 Å². The van der Waals surface area contributed by atoms with E-state index in [2.05, 4.69) is 5.32 Å². The highest BCUT2D eigenvalue weighted by atomic mass is 19.1. The monoisotopic (exact) mass is 522 g/mol. The molecule has 0 fully saturated rings. The molecule has 0 unspecified atom stereocenters. The summed E-state index contributed by atoms with van der Waals surface area (Å²) in [6.07, 6.45) is 0.988. The van der Waals surface area contributed by atoms with Gasteiger partial charge in [0, 0.05) is 42.8 Å². The van der Waals surface area contributed by atoms with Crippen LogP contribution in [0.4, 0.5) is 4.39 Å². The number of ether oxygens (including phenoxy) is 3. The molecule has 202 valence electrons. The highest BCUT2D eigenvalue weighted by Gasteiger charge is 2.31. The standard InChI is InChI=1S/C30H35FN2O5/c1-5-21(2)32-30(35)28(15-22-11-7-6-8-12-22)33(19-23-13-9-10-14-27(23)31)29(34)20-38-26-17-24(36-3)16-25(18-26)37-4/h6-14,16-18,21,28H,5,15,19-20H2,1-4H3,(H,32,35)/t21-,28+/m1/s1. The molecule has 0 aliphatic carbocycles. The van der Waals surface area contributed by atoms with Gasteiger partial charge in [0.25, 0.3) is 5.91 Å². The van der Waals surface area contributed by atoms with Gasteiger partial charge in [-0.1, -0.05) is 55.5 Å². The van der Waals surface area contributed by atoms with Crippen LogP contribution in [0, 0.1) is 5.82 Å². The van der Waals surface area contributed by atoms with Crippen LogP contribution in [0.25, 0.3) is 0 Å². The molecule has 0 saturated carbocycles. The van der Waals surface area contributed by atoms with Crippen molar-refractivity contribution in [2.75, 3.05) is 20.8 Å². The summed E-state index contributed by atoms with van der Waals surface area (Å²) in [7, 11) is 3.04. The number of benzene rings is 3. The Morgan fingerprint density at radius 1 is 0.921 bits per heavy atom. The second kappa shape index (κ2) is 14.0. The summed E-state index contributed by atoms with van der Waals surface area (Å²) in [5, 5.41) is 2.99. The van der Waals surface area contributed by atoms with E-state index < -0.39 is 17.8 Å². The van der Waals surface area contributed by atoms with E-state index in [1.807, 2.05) is 44.2 Å². The number of rotatable bonds is 13. The minimum atomic E-state index is -0.887. The molecule has 0 aliphatic rings. The molecule has 0 spiro atoms. The van der Waals surface area contributed by atoms with Crippen LogP contribution in [0.5, 0.6) is 17.2 Å². The number of amides is 2. The Morgan fingerprint density at radius 2 is 1.53 bits per heavy atom. The van der Waals surface area contributed by atoms with Crippen molar-refractivity contribution in [3.8, 4) is 17.2 Å². The first-order chi connectivity index (χ1) is 18.3. The number of methoxy groups -OCH3 is 2. The van der Waals surface area contributed by atoms with Crippen molar-refractivity contribution in [3.05, 3.63) is 89.7 Å². The van der Waals surface area contributed by atoms with Crippen molar-refractivity contribution in [2.45, 2.75) is 45.3 Å². The van der Waals surface area contributed by atoms with Gasteiger partial charge in [-0.15, -0.1) is 0 Å². The van der Waals surface area contributed by atoms with Crippen molar-refractivity contribution in [1.82, 2.24) is 10.2 Å². The Labute approximate surface area is 223 Å². The van der Waals surface area contributed by atoms with Gasteiger partial charge in [0.1, 0.15) is 29.1 Å². The first-order valence-corrected chi connectivity index (χ1v) is 12.6. The maximum Gasteiger partial charge on any atom is 0.261 e. The highest BCUT2D eigenvalue weighted by Crippen LogP contribution is 2.27. The number of halogens is 1. The largest absolute Gasteiger partial charge is 0.496 e. The predicted molar refractivity (Wildman–Crippen MR) is 144 cm³/mol. The topological polar surface area (TPSA) is 77.1 Å². The molecule has 0 bridgehead atoms. The number of nitrogens with one attached hydrogen (secondary N) is 1. The Balaban J connectivity index is 1.94. The number of nitrogens with zero attached hydrogens (tertiary/aromatic N) is 1. The maximum atomic E-state index is 14.7. The summed E-state index contributed by atoms with van der Waals surface area (Å²) in [6.45, 7) is 3.41. The SMILES string of the molecule is CC[C@@H](C)NC(=O)[C@H](Cc1ccccc1)N(Cc1ccccc1F)C(=O)COc1cc(OC)cc(OC)c1. The molecule has 0 radical (unpaired) electrons. The van der Waals surface area contributed by atoms with E-state index in [0.717, 1.165) is 12.0 Å². The molecule has 0 aliphatic heterocycles. The highest BCUT2D eigenvalue weighted by molar-refractivity contribution is 5.88. The molecular formula is C30H35FN2O5. The summed E-state index contributed by atoms with van der Waals surface area (Å²) >= 11 is 0. The third-order valence-corrected chi connectivity index (χ3v) is 6.26. The Hall–Kier alpha value is -4.07. The van der Waals surface area contributed by atoms with Gasteiger partial charge in [-0.3, -0.25) is 9.59 Å². The van der Waals surface area contributed by atoms with Crippen LogP contribution in [0.1, 0.15) is 31.4 Å². The molecule has 2 amide bonds. The normalized spacial score (nSPS) is 12.2. The molecule has 1 N–H and O–H groups in total. The summed E-state index contributed by atoms with van der Waals surface area (Å²) in [6, 6.07) is 19.6. The van der Waals surface area contributed by atoms with Gasteiger partial charge in [-0.2, -0.15) is 0 Å². The third-order valence-electron chi connectivity index (χ3n) is 6.26. The number of carbonyl (C=O) groups is 2. The smallest absolute Gasteiger partial charge is 0.261 e. The number of hydrogen-bond donors (Lipinski definition) is 1. The Morgan fingerprint density at radius 3 is 2.13 bits per heavy atom. The minimum Gasteiger partial charge on any atom is -0.496 e. The molecule has 3 aromatic rings. The lowest BCUT2D eigenvalue weighted by Gasteiger charge is -2.32. The molecule has 8 heteroatoms. The van der Waals surface area contributed by atoms with E-state index in [9.17, 15) is 14.0 Å². The summed E-state index contributed by atoms with van der Waals surface area (Å²) in [5.41, 5.74) is 1.18. The van der Waals surface area contributed by atoms with Gasteiger partial charge in [0.15, 0.2) is 6.61 Å². The van der Waals surface area contributed by atoms with Gasteiger partial charge >= 0.3 is 0 Å². The lowest BCUT2D eigenvalue weighted by molar-refractivity contribution is -0.143. The lowest BCUT2D eigenvalue weighted by atomic mass is 10.0. The first kappa shape index (κ1) is 28.5. The van der Waals surface area contributed by atoms with Gasteiger partial charge in [-0.05, 0) is 25.0 Å². The molecule has 3 rings (SSSR count). The second-order valence-corrected chi connectivity index (χ2v) is 8.97. The van der Waals surface area contributed by atoms with Crippen molar-refractivity contribution in [3.63, 3.8) is 0 Å². The van der Waals surface area contributed by atoms with E-state index in [1.165, 1.54) is 25.2 Å². The zero-order valence-corrected chi connectivity index (χ0v) is 22.3. The number of carbonyl (C=O) groups excluding carboxylic acids is 2. The van der Waals surface area contributed by atoms with E-state index in [1.54, 1.807) is 36.4 Å². The molecule has 7 nitrogen and oxygen atoms in total. The zero-order chi connectivity index (χ0) is 27.5. The average Bonchev–Trinajstić information content (AvgIpc) is 2.94. The van der Waals surface area contributed by atoms with Crippen LogP contribution < -0.4 is 19.5 Å². The van der Waals surface area contributed by atoms with Gasteiger partial charge in [0.2, 0.25) is 5.91 Å². The molecule has 0 heterocycles. The van der Waals surface area contributed by atoms with Crippen molar-refractivity contribution >= 4 is 11.8 Å². The molecular weight excluding hydrogens is 487 g/mol. The van der Waals surface area contributed by atoms with Gasteiger partial charge in [0.05, 0.1) is 14.2 Å². The van der Waals surface area contributed by atoms with E-state index in [4.69, 9.17) is 14.2 Å². The fourth-order valence-electron chi connectivity index (χ4n) is 3.90. The fraction of sp³-hybridized carbons (Fsp3) is 0.333. The maximum absolute atomic E-state index is 14.7. The predicted octanol–water partition coefficient (Wildman–Crippen LogP) is 4.78. The average molecular weight is 523 g/mol. The quantitative estimate of drug-likeness (QED) is 0.350. The molecule has 0 saturated heterocycles. The van der Waals surface area contributed by atoms with Crippen LogP contribution >= 0.6 is 0 Å². The first-order valence-electron chi connectivity index (χ1n) is 12.6. The third kappa shape index (κ3) is 7.96. The zero-order valence-electron chi connectivity index (χ0n) is 22.3. The van der Waals surface area contributed by atoms with Crippen molar-refractivity contribution in [1.29, 1.82) is 0 Å². The molecule has 2 atom stereocenters. The van der Waals surface area contributed by atoms with Crippen LogP contribution in [-0.4, -0.2) is 49.6 Å². The fourth-order valence-corrected chi connectivity index (χ4v) is 3.90. The molecule has 38 heavy (non-hydrogen) atoms. The minimum absolute atomic E-state index is 0.0910. The summed E-state index contributed by atoms with van der Waals surface area (Å²) in [4.78, 5) is 28.6. The van der Waals surface area contributed by atoms with Crippen LogP contribution in [-0.2, 0) is 22.6 Å². The van der Waals surface area contributed by atoms with Crippen LogP contribution in [0.15, 0.2) is 72.8 Å².